The van der Waals surface area contributed by atoms with Crippen LogP contribution in [-0.2, 0) is 11.3 Å². The summed E-state index contributed by atoms with van der Waals surface area (Å²) in [4.78, 5) is 38.8. The van der Waals surface area contributed by atoms with Crippen molar-refractivity contribution in [3.05, 3.63) is 66.2 Å². The SMILES string of the molecule is C[C@@H]1CN(Cc2ccc(-c3cc4nccc(Oc5ccc(NC(=O)NC6CC6)cc5F)c4s3)nc2)CCN1C(=O)OC(C)(C)C. The molecule has 1 saturated heterocycles. The van der Waals surface area contributed by atoms with Gasteiger partial charge < -0.3 is 25.0 Å². The van der Waals surface area contributed by atoms with Gasteiger partial charge in [-0.05, 0) is 70.4 Å². The molecule has 2 N–H and O–H groups in total. The summed E-state index contributed by atoms with van der Waals surface area (Å²) in [5.41, 5.74) is 2.45. The van der Waals surface area contributed by atoms with Crippen LogP contribution < -0.4 is 15.4 Å². The summed E-state index contributed by atoms with van der Waals surface area (Å²) in [6.45, 7) is 10.5. The fourth-order valence-corrected chi connectivity index (χ4v) is 6.21. The van der Waals surface area contributed by atoms with Gasteiger partial charge in [0.2, 0.25) is 0 Å². The molecule has 1 aliphatic carbocycles. The van der Waals surface area contributed by atoms with Crippen LogP contribution in [-0.4, -0.2) is 69.2 Å². The number of anilines is 1. The minimum absolute atomic E-state index is 0.0461. The number of pyridine rings is 2. The second-order valence-electron chi connectivity index (χ2n) is 12.6. The van der Waals surface area contributed by atoms with Gasteiger partial charge in [0, 0.05) is 68.5 Å². The van der Waals surface area contributed by atoms with Gasteiger partial charge in [-0.25, -0.2) is 14.0 Å². The van der Waals surface area contributed by atoms with E-state index in [0.717, 1.165) is 58.8 Å². The first-order valence-electron chi connectivity index (χ1n) is 15.1. The van der Waals surface area contributed by atoms with Crippen molar-refractivity contribution in [3.8, 4) is 22.1 Å². The van der Waals surface area contributed by atoms with Gasteiger partial charge in [0.25, 0.3) is 0 Å². The quantitative estimate of drug-likeness (QED) is 0.226. The van der Waals surface area contributed by atoms with Crippen molar-refractivity contribution < 1.29 is 23.5 Å². The van der Waals surface area contributed by atoms with Gasteiger partial charge in [-0.15, -0.1) is 11.3 Å². The Hall–Kier alpha value is -4.29. The van der Waals surface area contributed by atoms with Gasteiger partial charge in [0.15, 0.2) is 11.6 Å². The van der Waals surface area contributed by atoms with Gasteiger partial charge >= 0.3 is 12.1 Å². The van der Waals surface area contributed by atoms with Gasteiger partial charge in [0.1, 0.15) is 11.4 Å². The van der Waals surface area contributed by atoms with Crippen LogP contribution in [0, 0.1) is 5.82 Å². The average molecular weight is 633 g/mol. The van der Waals surface area contributed by atoms with Crippen LogP contribution in [0.5, 0.6) is 11.5 Å². The van der Waals surface area contributed by atoms with Crippen molar-refractivity contribution >= 4 is 39.4 Å². The molecule has 12 heteroatoms. The first-order chi connectivity index (χ1) is 21.5. The molecule has 2 aliphatic rings. The Bertz CT molecular complexity index is 1700. The molecule has 1 aromatic carbocycles. The molecule has 1 aliphatic heterocycles. The standard InChI is InChI=1S/C33H37FN6O4S/c1-20-18-39(13-14-40(20)32(42)44-33(2,3)4)19-21-5-9-25(36-17-21)29-16-26-30(45-29)28(11-12-35-26)43-27-10-8-23(15-24(27)34)38-31(41)37-22-6-7-22/h5,8-12,15-17,20,22H,6-7,13-14,18-19H2,1-4H3,(H2,37,38,41)/t20-/m1/s1. The number of aromatic nitrogens is 2. The average Bonchev–Trinajstić information content (AvgIpc) is 3.67. The lowest BCUT2D eigenvalue weighted by Gasteiger charge is -2.40. The highest BCUT2D eigenvalue weighted by Crippen LogP contribution is 2.39. The van der Waals surface area contributed by atoms with Gasteiger partial charge in [-0.3, -0.25) is 14.9 Å². The third-order valence-corrected chi connectivity index (χ3v) is 8.68. The van der Waals surface area contributed by atoms with Crippen LogP contribution in [0.4, 0.5) is 19.7 Å². The monoisotopic (exact) mass is 632 g/mol. The molecular weight excluding hydrogens is 595 g/mol. The second kappa shape index (κ2) is 12.6. The number of thiophene rings is 1. The van der Waals surface area contributed by atoms with Crippen LogP contribution in [0.3, 0.4) is 0 Å². The van der Waals surface area contributed by atoms with Crippen LogP contribution in [0.15, 0.2) is 54.9 Å². The molecule has 3 aromatic heterocycles. The normalized spacial score (nSPS) is 17.3. The fraction of sp³-hybridized carbons (Fsp3) is 0.394. The second-order valence-corrected chi connectivity index (χ2v) is 13.6. The summed E-state index contributed by atoms with van der Waals surface area (Å²) in [5.74, 6) is -0.0493. The molecule has 4 heterocycles. The van der Waals surface area contributed by atoms with Crippen LogP contribution in [0.1, 0.15) is 46.1 Å². The Balaban J connectivity index is 1.09. The maximum absolute atomic E-state index is 14.9. The zero-order valence-electron chi connectivity index (χ0n) is 25.8. The number of hydrogen-bond acceptors (Lipinski definition) is 8. The van der Waals surface area contributed by atoms with Gasteiger partial charge in [-0.2, -0.15) is 0 Å². The lowest BCUT2D eigenvalue weighted by atomic mass is 10.1. The van der Waals surface area contributed by atoms with E-state index in [-0.39, 0.29) is 30.0 Å². The Morgan fingerprint density at radius 3 is 2.58 bits per heavy atom. The number of nitrogens with one attached hydrogen (secondary N) is 2. The number of ether oxygens (including phenoxy) is 2. The number of nitrogens with zero attached hydrogens (tertiary/aromatic N) is 4. The third kappa shape index (κ3) is 7.69. The number of benzene rings is 1. The molecule has 3 amide bonds. The summed E-state index contributed by atoms with van der Waals surface area (Å²) in [6, 6.07) is 12.0. The highest BCUT2D eigenvalue weighted by molar-refractivity contribution is 7.22. The van der Waals surface area contributed by atoms with Gasteiger partial charge in [-0.1, -0.05) is 6.07 Å². The molecular formula is C33H37FN6O4S. The fourth-order valence-electron chi connectivity index (χ4n) is 5.17. The molecule has 4 aromatic rings. The first kappa shape index (κ1) is 30.7. The van der Waals surface area contributed by atoms with Crippen LogP contribution in [0.2, 0.25) is 0 Å². The number of carbonyl (C=O) groups is 2. The van der Waals surface area contributed by atoms with Crippen LogP contribution in [0.25, 0.3) is 20.8 Å². The van der Waals surface area contributed by atoms with Gasteiger partial charge in [0.05, 0.1) is 20.8 Å². The molecule has 1 atom stereocenters. The lowest BCUT2D eigenvalue weighted by Crippen LogP contribution is -2.54. The third-order valence-electron chi connectivity index (χ3n) is 7.52. The molecule has 0 unspecified atom stereocenters. The number of hydrogen-bond donors (Lipinski definition) is 2. The van der Waals surface area contributed by atoms with Crippen molar-refractivity contribution in [2.75, 3.05) is 25.0 Å². The summed E-state index contributed by atoms with van der Waals surface area (Å²) in [6.07, 6.45) is 5.18. The summed E-state index contributed by atoms with van der Waals surface area (Å²) < 4.78 is 27.2. The zero-order chi connectivity index (χ0) is 31.7. The Labute approximate surface area is 265 Å². The van der Waals surface area contributed by atoms with E-state index in [2.05, 4.69) is 26.6 Å². The number of fused-ring (bicyclic) bond motifs is 1. The molecule has 0 spiro atoms. The minimum atomic E-state index is -0.584. The number of rotatable bonds is 7. The number of halogens is 1. The maximum atomic E-state index is 14.9. The van der Waals surface area contributed by atoms with E-state index in [1.165, 1.54) is 23.5 Å². The lowest BCUT2D eigenvalue weighted by molar-refractivity contribution is 0.000543. The van der Waals surface area contributed by atoms with Crippen molar-refractivity contribution in [1.82, 2.24) is 25.1 Å². The Kier molecular flexibility index (Phi) is 8.61. The molecule has 236 valence electrons. The smallest absolute Gasteiger partial charge is 0.410 e. The van der Waals surface area contributed by atoms with Crippen molar-refractivity contribution in [2.24, 2.45) is 0 Å². The molecule has 1 saturated carbocycles. The maximum Gasteiger partial charge on any atom is 0.410 e. The minimum Gasteiger partial charge on any atom is -0.453 e. The van der Waals surface area contributed by atoms with Crippen LogP contribution >= 0.6 is 11.3 Å². The van der Waals surface area contributed by atoms with E-state index in [1.54, 1.807) is 23.2 Å². The number of amides is 3. The van der Waals surface area contributed by atoms with Crippen molar-refractivity contribution in [2.45, 2.75) is 64.8 Å². The van der Waals surface area contributed by atoms with E-state index < -0.39 is 11.4 Å². The van der Waals surface area contributed by atoms with E-state index in [4.69, 9.17) is 14.5 Å². The summed E-state index contributed by atoms with van der Waals surface area (Å²) in [7, 11) is 0. The van der Waals surface area contributed by atoms with E-state index >= 15 is 0 Å². The van der Waals surface area contributed by atoms with E-state index in [9.17, 15) is 14.0 Å². The first-order valence-corrected chi connectivity index (χ1v) is 15.9. The molecule has 0 radical (unpaired) electrons. The summed E-state index contributed by atoms with van der Waals surface area (Å²) in [5, 5.41) is 5.47. The molecule has 10 nitrogen and oxygen atoms in total. The predicted octanol–water partition coefficient (Wildman–Crippen LogP) is 7.01. The zero-order valence-corrected chi connectivity index (χ0v) is 26.6. The van der Waals surface area contributed by atoms with Crippen molar-refractivity contribution in [3.63, 3.8) is 0 Å². The number of urea groups is 1. The Morgan fingerprint density at radius 1 is 1.07 bits per heavy atom. The highest BCUT2D eigenvalue weighted by atomic mass is 32.1. The molecule has 0 bridgehead atoms. The van der Waals surface area contributed by atoms with E-state index in [1.807, 2.05) is 46.0 Å². The molecule has 2 fully saturated rings. The van der Waals surface area contributed by atoms with E-state index in [0.29, 0.717) is 18.0 Å². The number of piperazine rings is 1. The molecule has 6 rings (SSSR count). The van der Waals surface area contributed by atoms with Crippen molar-refractivity contribution in [1.29, 1.82) is 0 Å². The Morgan fingerprint density at radius 2 is 1.89 bits per heavy atom. The predicted molar refractivity (Wildman–Crippen MR) is 172 cm³/mol. The largest absolute Gasteiger partial charge is 0.453 e. The highest BCUT2D eigenvalue weighted by Gasteiger charge is 2.31. The molecule has 45 heavy (non-hydrogen) atoms. The number of carbonyl (C=O) groups excluding carboxylic acids is 2. The summed E-state index contributed by atoms with van der Waals surface area (Å²) >= 11 is 1.48. The topological polar surface area (TPSA) is 109 Å².